The van der Waals surface area contributed by atoms with E-state index < -0.39 is 0 Å². The fraction of sp³-hybridized carbons (Fsp3) is 0.469. The van der Waals surface area contributed by atoms with Crippen LogP contribution in [0.15, 0.2) is 67.3 Å². The molecule has 4 aromatic rings. The Morgan fingerprint density at radius 2 is 1.37 bits per heavy atom. The van der Waals surface area contributed by atoms with Crippen LogP contribution in [0.2, 0.25) is 0 Å². The summed E-state index contributed by atoms with van der Waals surface area (Å²) >= 11 is 0. The van der Waals surface area contributed by atoms with Gasteiger partial charge >= 0.3 is 0 Å². The summed E-state index contributed by atoms with van der Waals surface area (Å²) in [5.74, 6) is 0.813. The number of fused-ring (bicyclic) bond motifs is 1. The van der Waals surface area contributed by atoms with E-state index in [-0.39, 0.29) is 0 Å². The standard InChI is InChI=1S/C24H26N6.4C2H6/c1-2-9-23-21(7-1)19(16-26-23)6-5-11-29-12-14-30(15-13-29)24-27-17-20(18-28-24)22-8-3-4-10-25-22;4*1-2/h1-4,7-10,16-18,26H,5-6,11-15H2;4*1-2H3. The Bertz CT molecular complexity index is 1080. The molecular formula is C32H50N6. The molecule has 3 aromatic heterocycles. The quantitative estimate of drug-likeness (QED) is 0.281. The largest absolute Gasteiger partial charge is 0.361 e. The van der Waals surface area contributed by atoms with Crippen molar-refractivity contribution in [3.8, 4) is 11.3 Å². The van der Waals surface area contributed by atoms with Gasteiger partial charge in [0.1, 0.15) is 0 Å². The van der Waals surface area contributed by atoms with Gasteiger partial charge < -0.3 is 9.88 Å². The van der Waals surface area contributed by atoms with Crippen LogP contribution < -0.4 is 4.90 Å². The van der Waals surface area contributed by atoms with Crippen LogP contribution in [0.25, 0.3) is 22.2 Å². The van der Waals surface area contributed by atoms with Crippen LogP contribution in [-0.4, -0.2) is 57.6 Å². The first kappa shape index (κ1) is 32.8. The summed E-state index contributed by atoms with van der Waals surface area (Å²) in [4.78, 5) is 21.7. The molecule has 0 aliphatic carbocycles. The molecule has 38 heavy (non-hydrogen) atoms. The highest BCUT2D eigenvalue weighted by Crippen LogP contribution is 2.20. The highest BCUT2D eigenvalue weighted by Gasteiger charge is 2.19. The van der Waals surface area contributed by atoms with Crippen LogP contribution in [0.3, 0.4) is 0 Å². The van der Waals surface area contributed by atoms with E-state index in [1.54, 1.807) is 6.20 Å². The zero-order chi connectivity index (χ0) is 28.2. The van der Waals surface area contributed by atoms with Gasteiger partial charge in [0.2, 0.25) is 5.95 Å². The molecule has 6 nitrogen and oxygen atoms in total. The van der Waals surface area contributed by atoms with Gasteiger partial charge in [-0.1, -0.05) is 79.7 Å². The lowest BCUT2D eigenvalue weighted by atomic mass is 10.1. The molecule has 4 heterocycles. The molecule has 1 aliphatic heterocycles. The van der Waals surface area contributed by atoms with Crippen molar-refractivity contribution in [3.63, 3.8) is 0 Å². The number of H-pyrrole nitrogens is 1. The van der Waals surface area contributed by atoms with Gasteiger partial charge in [-0.2, -0.15) is 0 Å². The summed E-state index contributed by atoms with van der Waals surface area (Å²) in [5, 5.41) is 1.36. The number of aromatic amines is 1. The van der Waals surface area contributed by atoms with Crippen molar-refractivity contribution in [2.45, 2.75) is 68.2 Å². The summed E-state index contributed by atoms with van der Waals surface area (Å²) in [6.45, 7) is 21.2. The van der Waals surface area contributed by atoms with Crippen molar-refractivity contribution in [2.24, 2.45) is 0 Å². The number of para-hydroxylation sites is 1. The second-order valence-corrected chi connectivity index (χ2v) is 7.78. The summed E-state index contributed by atoms with van der Waals surface area (Å²) in [6.07, 6.45) is 9.99. The molecule has 5 rings (SSSR count). The van der Waals surface area contributed by atoms with Crippen molar-refractivity contribution in [3.05, 3.63) is 72.8 Å². The fourth-order valence-corrected chi connectivity index (χ4v) is 4.15. The second kappa shape index (κ2) is 19.8. The Labute approximate surface area is 231 Å². The average Bonchev–Trinajstić information content (AvgIpc) is 3.45. The predicted molar refractivity (Wildman–Crippen MR) is 166 cm³/mol. The zero-order valence-electron chi connectivity index (χ0n) is 25.0. The van der Waals surface area contributed by atoms with Crippen LogP contribution in [0, 0.1) is 0 Å². The van der Waals surface area contributed by atoms with Crippen molar-refractivity contribution >= 4 is 16.9 Å². The lowest BCUT2D eigenvalue weighted by Crippen LogP contribution is -2.47. The lowest BCUT2D eigenvalue weighted by Gasteiger charge is -2.34. The van der Waals surface area contributed by atoms with Gasteiger partial charge in [-0.3, -0.25) is 9.88 Å². The predicted octanol–water partition coefficient (Wildman–Crippen LogP) is 7.88. The number of aromatic nitrogens is 4. The number of nitrogens with zero attached hydrogens (tertiary/aromatic N) is 5. The maximum Gasteiger partial charge on any atom is 0.225 e. The number of pyridine rings is 1. The lowest BCUT2D eigenvalue weighted by molar-refractivity contribution is 0.254. The van der Waals surface area contributed by atoms with E-state index in [0.717, 1.165) is 56.4 Å². The summed E-state index contributed by atoms with van der Waals surface area (Å²) in [6, 6.07) is 14.4. The minimum absolute atomic E-state index is 0.813. The number of benzene rings is 1. The van der Waals surface area contributed by atoms with Crippen molar-refractivity contribution in [1.82, 2.24) is 24.8 Å². The Kier molecular flexibility index (Phi) is 17.1. The Morgan fingerprint density at radius 1 is 0.737 bits per heavy atom. The fourth-order valence-electron chi connectivity index (χ4n) is 4.15. The molecule has 0 amide bonds. The SMILES string of the molecule is CC.CC.CC.CC.c1ccc(-c2cnc(N3CCN(CCCc4c[nH]c5ccccc45)CC3)nc2)nc1. The summed E-state index contributed by atoms with van der Waals surface area (Å²) < 4.78 is 0. The van der Waals surface area contributed by atoms with Crippen molar-refractivity contribution in [1.29, 1.82) is 0 Å². The minimum atomic E-state index is 0.813. The van der Waals surface area contributed by atoms with Gasteiger partial charge in [0, 0.05) is 67.4 Å². The molecule has 1 fully saturated rings. The van der Waals surface area contributed by atoms with Crippen LogP contribution in [0.4, 0.5) is 5.95 Å². The van der Waals surface area contributed by atoms with Gasteiger partial charge in [0.05, 0.1) is 5.69 Å². The van der Waals surface area contributed by atoms with Gasteiger partial charge in [-0.25, -0.2) is 9.97 Å². The van der Waals surface area contributed by atoms with E-state index in [0.29, 0.717) is 0 Å². The van der Waals surface area contributed by atoms with E-state index in [2.05, 4.69) is 60.2 Å². The number of aryl methyl sites for hydroxylation is 1. The number of hydrogen-bond donors (Lipinski definition) is 1. The number of anilines is 1. The van der Waals surface area contributed by atoms with Crippen LogP contribution in [0.1, 0.15) is 67.4 Å². The van der Waals surface area contributed by atoms with E-state index in [1.807, 2.05) is 86.0 Å². The zero-order valence-corrected chi connectivity index (χ0v) is 25.0. The third-order valence-corrected chi connectivity index (χ3v) is 5.85. The van der Waals surface area contributed by atoms with Crippen LogP contribution >= 0.6 is 0 Å². The Morgan fingerprint density at radius 3 is 2.00 bits per heavy atom. The number of nitrogens with one attached hydrogen (secondary N) is 1. The van der Waals surface area contributed by atoms with E-state index in [4.69, 9.17) is 0 Å². The molecule has 0 atom stereocenters. The molecule has 0 spiro atoms. The first-order valence-corrected chi connectivity index (χ1v) is 14.6. The smallest absolute Gasteiger partial charge is 0.225 e. The molecular weight excluding hydrogens is 468 g/mol. The van der Waals surface area contributed by atoms with E-state index in [1.165, 1.54) is 22.9 Å². The molecule has 1 aromatic carbocycles. The molecule has 0 saturated carbocycles. The summed E-state index contributed by atoms with van der Waals surface area (Å²) in [7, 11) is 0. The Hall–Kier alpha value is -3.25. The average molecular weight is 519 g/mol. The number of hydrogen-bond acceptors (Lipinski definition) is 5. The highest BCUT2D eigenvalue weighted by atomic mass is 15.3. The molecule has 6 heteroatoms. The molecule has 1 saturated heterocycles. The van der Waals surface area contributed by atoms with Gasteiger partial charge in [0.25, 0.3) is 0 Å². The molecule has 1 N–H and O–H groups in total. The number of piperazine rings is 1. The minimum Gasteiger partial charge on any atom is -0.361 e. The van der Waals surface area contributed by atoms with Gasteiger partial charge in [-0.15, -0.1) is 0 Å². The normalized spacial score (nSPS) is 12.5. The molecule has 0 bridgehead atoms. The topological polar surface area (TPSA) is 60.9 Å². The van der Waals surface area contributed by atoms with Crippen LogP contribution in [0.5, 0.6) is 0 Å². The maximum absolute atomic E-state index is 4.58. The highest BCUT2D eigenvalue weighted by molar-refractivity contribution is 5.83. The maximum atomic E-state index is 4.58. The molecule has 1 aliphatic rings. The Balaban J connectivity index is 0.000000829. The second-order valence-electron chi connectivity index (χ2n) is 7.78. The van der Waals surface area contributed by atoms with E-state index >= 15 is 0 Å². The number of rotatable bonds is 6. The van der Waals surface area contributed by atoms with Gasteiger partial charge in [0.15, 0.2) is 0 Å². The van der Waals surface area contributed by atoms with Crippen molar-refractivity contribution < 1.29 is 0 Å². The molecule has 0 radical (unpaired) electrons. The van der Waals surface area contributed by atoms with Crippen LogP contribution in [-0.2, 0) is 6.42 Å². The monoisotopic (exact) mass is 518 g/mol. The first-order chi connectivity index (χ1) is 18.9. The summed E-state index contributed by atoms with van der Waals surface area (Å²) in [5.41, 5.74) is 4.51. The van der Waals surface area contributed by atoms with Gasteiger partial charge in [-0.05, 0) is 43.1 Å². The molecule has 0 unspecified atom stereocenters. The van der Waals surface area contributed by atoms with E-state index in [9.17, 15) is 0 Å². The first-order valence-electron chi connectivity index (χ1n) is 14.6. The molecule has 208 valence electrons. The van der Waals surface area contributed by atoms with Crippen molar-refractivity contribution in [2.75, 3.05) is 37.6 Å². The third kappa shape index (κ3) is 9.56. The third-order valence-electron chi connectivity index (χ3n) is 5.85.